The summed E-state index contributed by atoms with van der Waals surface area (Å²) in [6.07, 6.45) is 1.79. The van der Waals surface area contributed by atoms with Gasteiger partial charge in [0, 0.05) is 16.9 Å². The second-order valence-corrected chi connectivity index (χ2v) is 6.38. The van der Waals surface area contributed by atoms with E-state index in [2.05, 4.69) is 39.9 Å². The predicted octanol–water partition coefficient (Wildman–Crippen LogP) is 2.81. The van der Waals surface area contributed by atoms with Crippen LogP contribution in [0.2, 0.25) is 0 Å². The highest BCUT2D eigenvalue weighted by Crippen LogP contribution is 2.27. The topological polar surface area (TPSA) is 69.8 Å². The van der Waals surface area contributed by atoms with Crippen molar-refractivity contribution in [2.45, 2.75) is 19.8 Å². The minimum Gasteiger partial charge on any atom is -0.317 e. The number of piperidine rings is 1. The molecule has 1 amide bonds. The number of anilines is 1. The summed E-state index contributed by atoms with van der Waals surface area (Å²) in [5.41, 5.74) is 0.948. The van der Waals surface area contributed by atoms with Crippen LogP contribution >= 0.6 is 23.7 Å². The molecule has 3 heterocycles. The minimum atomic E-state index is 0. The van der Waals surface area contributed by atoms with Gasteiger partial charge in [0.15, 0.2) is 5.82 Å². The van der Waals surface area contributed by atoms with E-state index in [1.54, 1.807) is 11.3 Å². The zero-order chi connectivity index (χ0) is 13.9. The normalized spacial score (nSPS) is 15.5. The molecule has 0 spiro atoms. The van der Waals surface area contributed by atoms with Crippen molar-refractivity contribution in [3.05, 3.63) is 23.1 Å². The van der Waals surface area contributed by atoms with Gasteiger partial charge in [0.05, 0.1) is 10.6 Å². The lowest BCUT2D eigenvalue weighted by atomic mass is 9.97. The molecule has 0 aliphatic carbocycles. The standard InChI is InChI=1S/C14H18N4OS.ClH/c1-9-2-3-12(20-9)11-8-13(18-17-11)16-14(19)10-4-6-15-7-5-10;/h2-3,8,10,15H,4-7H2,1H3,(H2,16,17,18,19);1H. The molecule has 0 saturated carbocycles. The molecular formula is C14H19ClN4OS. The van der Waals surface area contributed by atoms with Crippen LogP contribution in [0, 0.1) is 12.8 Å². The molecule has 0 unspecified atom stereocenters. The third-order valence-corrected chi connectivity index (χ3v) is 4.58. The van der Waals surface area contributed by atoms with E-state index in [1.165, 1.54) is 4.88 Å². The summed E-state index contributed by atoms with van der Waals surface area (Å²) in [5, 5.41) is 13.3. The number of hydrogen-bond acceptors (Lipinski definition) is 4. The number of carbonyl (C=O) groups excluding carboxylic acids is 1. The van der Waals surface area contributed by atoms with Crippen LogP contribution in [-0.2, 0) is 4.79 Å². The van der Waals surface area contributed by atoms with Crippen molar-refractivity contribution in [2.24, 2.45) is 5.92 Å². The van der Waals surface area contributed by atoms with Gasteiger partial charge in [0.2, 0.25) is 5.91 Å². The first-order valence-corrected chi connectivity index (χ1v) is 7.68. The number of carbonyl (C=O) groups is 1. The minimum absolute atomic E-state index is 0. The van der Waals surface area contributed by atoms with Crippen molar-refractivity contribution < 1.29 is 4.79 Å². The van der Waals surface area contributed by atoms with Crippen LogP contribution in [0.3, 0.4) is 0 Å². The average molecular weight is 327 g/mol. The molecule has 0 radical (unpaired) electrons. The van der Waals surface area contributed by atoms with E-state index in [0.29, 0.717) is 5.82 Å². The molecule has 3 N–H and O–H groups in total. The largest absolute Gasteiger partial charge is 0.317 e. The second kappa shape index (κ2) is 7.06. The van der Waals surface area contributed by atoms with Crippen LogP contribution in [0.15, 0.2) is 18.2 Å². The molecule has 1 aliphatic heterocycles. The first-order chi connectivity index (χ1) is 9.72. The van der Waals surface area contributed by atoms with Crippen LogP contribution < -0.4 is 10.6 Å². The SMILES string of the molecule is Cc1ccc(-c2cc(NC(=O)C3CCNCC3)n[nH]2)s1.Cl. The van der Waals surface area contributed by atoms with Gasteiger partial charge in [-0.15, -0.1) is 23.7 Å². The summed E-state index contributed by atoms with van der Waals surface area (Å²) >= 11 is 1.71. The second-order valence-electron chi connectivity index (χ2n) is 5.09. The van der Waals surface area contributed by atoms with Crippen LogP contribution in [0.5, 0.6) is 0 Å². The number of aromatic amines is 1. The maximum Gasteiger partial charge on any atom is 0.228 e. The molecule has 7 heteroatoms. The fourth-order valence-electron chi connectivity index (χ4n) is 2.40. The van der Waals surface area contributed by atoms with Crippen LogP contribution in [0.25, 0.3) is 10.6 Å². The monoisotopic (exact) mass is 326 g/mol. The number of nitrogens with one attached hydrogen (secondary N) is 3. The van der Waals surface area contributed by atoms with E-state index in [-0.39, 0.29) is 24.2 Å². The Morgan fingerprint density at radius 2 is 2.14 bits per heavy atom. The maximum atomic E-state index is 12.1. The fourth-order valence-corrected chi connectivity index (χ4v) is 3.24. The molecule has 5 nitrogen and oxygen atoms in total. The summed E-state index contributed by atoms with van der Waals surface area (Å²) in [5.74, 6) is 0.780. The van der Waals surface area contributed by atoms with Crippen molar-refractivity contribution in [1.82, 2.24) is 15.5 Å². The smallest absolute Gasteiger partial charge is 0.228 e. The summed E-state index contributed by atoms with van der Waals surface area (Å²) in [6, 6.07) is 6.03. The summed E-state index contributed by atoms with van der Waals surface area (Å²) < 4.78 is 0. The Morgan fingerprint density at radius 1 is 1.38 bits per heavy atom. The van der Waals surface area contributed by atoms with E-state index in [1.807, 2.05) is 6.07 Å². The lowest BCUT2D eigenvalue weighted by Gasteiger charge is -2.21. The third kappa shape index (κ3) is 3.84. The molecule has 1 fully saturated rings. The van der Waals surface area contributed by atoms with E-state index < -0.39 is 0 Å². The molecular weight excluding hydrogens is 308 g/mol. The first kappa shape index (κ1) is 16.0. The van der Waals surface area contributed by atoms with Crippen molar-refractivity contribution in [3.8, 4) is 10.6 Å². The van der Waals surface area contributed by atoms with Crippen LogP contribution in [0.1, 0.15) is 17.7 Å². The van der Waals surface area contributed by atoms with Crippen molar-refractivity contribution >= 4 is 35.5 Å². The maximum absolute atomic E-state index is 12.1. The summed E-state index contributed by atoms with van der Waals surface area (Å²) in [7, 11) is 0. The zero-order valence-electron chi connectivity index (χ0n) is 11.8. The Bertz CT molecular complexity index is 604. The number of amides is 1. The molecule has 2 aromatic rings. The van der Waals surface area contributed by atoms with Gasteiger partial charge in [-0.05, 0) is 45.0 Å². The highest BCUT2D eigenvalue weighted by molar-refractivity contribution is 7.15. The number of nitrogens with zero attached hydrogens (tertiary/aromatic N) is 1. The van der Waals surface area contributed by atoms with E-state index in [4.69, 9.17) is 0 Å². The number of thiophene rings is 1. The Labute approximate surface area is 133 Å². The molecule has 1 saturated heterocycles. The van der Waals surface area contributed by atoms with Gasteiger partial charge in [-0.3, -0.25) is 9.89 Å². The average Bonchev–Trinajstić information content (AvgIpc) is 3.09. The lowest BCUT2D eigenvalue weighted by Crippen LogP contribution is -2.34. The quantitative estimate of drug-likeness (QED) is 0.812. The highest BCUT2D eigenvalue weighted by Gasteiger charge is 2.21. The molecule has 0 atom stereocenters. The van der Waals surface area contributed by atoms with Gasteiger partial charge < -0.3 is 10.6 Å². The molecule has 2 aromatic heterocycles. The number of aryl methyl sites for hydroxylation is 1. The van der Waals surface area contributed by atoms with Gasteiger partial charge in [-0.2, -0.15) is 5.10 Å². The first-order valence-electron chi connectivity index (χ1n) is 6.86. The molecule has 0 aromatic carbocycles. The van der Waals surface area contributed by atoms with Crippen LogP contribution in [0.4, 0.5) is 5.82 Å². The van der Waals surface area contributed by atoms with Gasteiger partial charge in [0.25, 0.3) is 0 Å². The summed E-state index contributed by atoms with van der Waals surface area (Å²) in [6.45, 7) is 3.90. The number of H-pyrrole nitrogens is 1. The number of aromatic nitrogens is 2. The van der Waals surface area contributed by atoms with Crippen molar-refractivity contribution in [1.29, 1.82) is 0 Å². The summed E-state index contributed by atoms with van der Waals surface area (Å²) in [4.78, 5) is 14.5. The Morgan fingerprint density at radius 3 is 2.81 bits per heavy atom. The third-order valence-electron chi connectivity index (χ3n) is 3.54. The Hall–Kier alpha value is -1.37. The van der Waals surface area contributed by atoms with Gasteiger partial charge in [-0.1, -0.05) is 0 Å². The fraction of sp³-hybridized carbons (Fsp3) is 0.429. The number of halogens is 1. The zero-order valence-corrected chi connectivity index (χ0v) is 13.4. The number of hydrogen-bond donors (Lipinski definition) is 3. The highest BCUT2D eigenvalue weighted by atomic mass is 35.5. The van der Waals surface area contributed by atoms with Gasteiger partial charge in [0.1, 0.15) is 0 Å². The van der Waals surface area contributed by atoms with Crippen molar-refractivity contribution in [3.63, 3.8) is 0 Å². The lowest BCUT2D eigenvalue weighted by molar-refractivity contribution is -0.120. The Kier molecular flexibility index (Phi) is 5.39. The Balaban J connectivity index is 0.00000161. The molecule has 1 aliphatic rings. The number of rotatable bonds is 3. The van der Waals surface area contributed by atoms with Gasteiger partial charge >= 0.3 is 0 Å². The van der Waals surface area contributed by atoms with E-state index in [9.17, 15) is 4.79 Å². The molecule has 21 heavy (non-hydrogen) atoms. The molecule has 0 bridgehead atoms. The molecule has 114 valence electrons. The van der Waals surface area contributed by atoms with Crippen LogP contribution in [-0.4, -0.2) is 29.2 Å². The van der Waals surface area contributed by atoms with Gasteiger partial charge in [-0.25, -0.2) is 0 Å². The van der Waals surface area contributed by atoms with E-state index in [0.717, 1.165) is 36.5 Å². The van der Waals surface area contributed by atoms with Crippen molar-refractivity contribution in [2.75, 3.05) is 18.4 Å². The van der Waals surface area contributed by atoms with E-state index >= 15 is 0 Å². The predicted molar refractivity (Wildman–Crippen MR) is 88.1 cm³/mol. The molecule has 3 rings (SSSR count).